The van der Waals surface area contributed by atoms with Gasteiger partial charge in [0.25, 0.3) is 0 Å². The molecule has 1 unspecified atom stereocenters. The van der Waals surface area contributed by atoms with E-state index in [0.29, 0.717) is 29.2 Å². The average molecular weight is 478 g/mol. The van der Waals surface area contributed by atoms with E-state index in [4.69, 9.17) is 9.15 Å². The third-order valence-corrected chi connectivity index (χ3v) is 5.98. The lowest BCUT2D eigenvalue weighted by atomic mass is 9.95. The van der Waals surface area contributed by atoms with Crippen LogP contribution in [0.25, 0.3) is 0 Å². The van der Waals surface area contributed by atoms with Crippen LogP contribution in [0.2, 0.25) is 0 Å². The SMILES string of the molecule is Cc1ccc(Br)nc1NC(=O)[C@@H]1C[C@@]2(Cc3nnco3)CC2N1C(=O)OC(C)(C)C. The average Bonchev–Trinajstić information content (AvgIpc) is 2.99. The van der Waals surface area contributed by atoms with Gasteiger partial charge in [-0.05, 0) is 68.1 Å². The Hall–Kier alpha value is -2.49. The number of pyridine rings is 1. The number of anilines is 1. The van der Waals surface area contributed by atoms with E-state index in [0.717, 1.165) is 12.0 Å². The zero-order chi connectivity index (χ0) is 21.7. The second kappa shape index (κ2) is 7.33. The summed E-state index contributed by atoms with van der Waals surface area (Å²) in [5, 5.41) is 10.6. The molecule has 0 radical (unpaired) electrons. The van der Waals surface area contributed by atoms with Crippen LogP contribution in [0, 0.1) is 12.3 Å². The minimum absolute atomic E-state index is 0.105. The molecule has 1 saturated carbocycles. The van der Waals surface area contributed by atoms with Crippen molar-refractivity contribution in [1.82, 2.24) is 20.1 Å². The molecule has 2 amide bonds. The summed E-state index contributed by atoms with van der Waals surface area (Å²) in [6.07, 6.45) is 2.59. The number of halogens is 1. The predicted molar refractivity (Wildman–Crippen MR) is 111 cm³/mol. The van der Waals surface area contributed by atoms with Gasteiger partial charge in [0.1, 0.15) is 22.1 Å². The highest BCUT2D eigenvalue weighted by Crippen LogP contribution is 2.61. The molecule has 1 saturated heterocycles. The van der Waals surface area contributed by atoms with Crippen molar-refractivity contribution in [3.05, 3.63) is 34.6 Å². The van der Waals surface area contributed by atoms with Gasteiger partial charge in [-0.25, -0.2) is 9.78 Å². The second-order valence-electron chi connectivity index (χ2n) is 8.99. The standard InChI is InChI=1S/C20H24BrN5O4/c1-11-5-6-14(21)23-16(11)24-17(27)12-7-20(9-15-25-22-10-29-15)8-13(20)26(12)18(28)30-19(2,3)4/h5-6,10,12-13H,7-9H2,1-4H3,(H,23,24,27)/t12-,13?,20-/m0/s1. The van der Waals surface area contributed by atoms with Crippen LogP contribution in [0.15, 0.2) is 27.5 Å². The van der Waals surface area contributed by atoms with Crippen molar-refractivity contribution < 1.29 is 18.7 Å². The number of carbonyl (C=O) groups is 2. The summed E-state index contributed by atoms with van der Waals surface area (Å²) >= 11 is 3.33. The Labute approximate surface area is 182 Å². The lowest BCUT2D eigenvalue weighted by Gasteiger charge is -2.29. The summed E-state index contributed by atoms with van der Waals surface area (Å²) < 4.78 is 11.5. The number of likely N-dealkylation sites (tertiary alicyclic amines) is 1. The number of aromatic nitrogens is 3. The Morgan fingerprint density at radius 2 is 2.13 bits per heavy atom. The van der Waals surface area contributed by atoms with Gasteiger partial charge in [-0.1, -0.05) is 6.07 Å². The van der Waals surface area contributed by atoms with Crippen LogP contribution < -0.4 is 5.32 Å². The summed E-state index contributed by atoms with van der Waals surface area (Å²) in [6.45, 7) is 7.29. The lowest BCUT2D eigenvalue weighted by Crippen LogP contribution is -2.47. The summed E-state index contributed by atoms with van der Waals surface area (Å²) in [5.41, 5.74) is -0.0858. The number of hydrogen-bond donors (Lipinski definition) is 1. The van der Waals surface area contributed by atoms with Crippen LogP contribution in [0.4, 0.5) is 10.6 Å². The fourth-order valence-corrected chi connectivity index (χ4v) is 4.40. The summed E-state index contributed by atoms with van der Waals surface area (Å²) in [6, 6.07) is 2.90. The topological polar surface area (TPSA) is 110 Å². The summed E-state index contributed by atoms with van der Waals surface area (Å²) in [7, 11) is 0. The molecule has 2 aromatic rings. The number of nitrogens with one attached hydrogen (secondary N) is 1. The molecule has 30 heavy (non-hydrogen) atoms. The lowest BCUT2D eigenvalue weighted by molar-refractivity contribution is -0.121. The smallest absolute Gasteiger partial charge is 0.411 e. The number of aryl methyl sites for hydroxylation is 1. The summed E-state index contributed by atoms with van der Waals surface area (Å²) in [4.78, 5) is 32.1. The predicted octanol–water partition coefficient (Wildman–Crippen LogP) is 3.48. The number of piperidine rings is 1. The highest BCUT2D eigenvalue weighted by molar-refractivity contribution is 9.10. The third-order valence-electron chi connectivity index (χ3n) is 5.54. The maximum atomic E-state index is 13.2. The molecular formula is C20H24BrN5O4. The molecule has 3 atom stereocenters. The van der Waals surface area contributed by atoms with Crippen molar-refractivity contribution in [2.45, 2.75) is 64.6 Å². The van der Waals surface area contributed by atoms with E-state index in [1.165, 1.54) is 6.39 Å². The van der Waals surface area contributed by atoms with Gasteiger partial charge in [-0.15, -0.1) is 10.2 Å². The van der Waals surface area contributed by atoms with Gasteiger partial charge in [-0.3, -0.25) is 9.69 Å². The highest BCUT2D eigenvalue weighted by atomic mass is 79.9. The van der Waals surface area contributed by atoms with Crippen molar-refractivity contribution >= 4 is 33.7 Å². The van der Waals surface area contributed by atoms with E-state index in [1.54, 1.807) is 4.90 Å². The van der Waals surface area contributed by atoms with Crippen molar-refractivity contribution in [2.75, 3.05) is 5.32 Å². The van der Waals surface area contributed by atoms with Crippen LogP contribution in [0.3, 0.4) is 0 Å². The normalized spacial score (nSPS) is 25.0. The Morgan fingerprint density at radius 1 is 1.37 bits per heavy atom. The second-order valence-corrected chi connectivity index (χ2v) is 9.80. The molecule has 10 heteroatoms. The van der Waals surface area contributed by atoms with Gasteiger partial charge < -0.3 is 14.5 Å². The highest BCUT2D eigenvalue weighted by Gasteiger charge is 2.68. The number of ether oxygens (including phenoxy) is 1. The first-order valence-corrected chi connectivity index (χ1v) is 10.6. The molecule has 160 valence electrons. The Balaban J connectivity index is 1.58. The van der Waals surface area contributed by atoms with E-state index >= 15 is 0 Å². The first-order valence-electron chi connectivity index (χ1n) is 9.78. The minimum atomic E-state index is -0.665. The van der Waals surface area contributed by atoms with Crippen molar-refractivity contribution in [2.24, 2.45) is 5.41 Å². The zero-order valence-corrected chi connectivity index (χ0v) is 18.9. The van der Waals surface area contributed by atoms with Gasteiger partial charge in [0.2, 0.25) is 18.2 Å². The van der Waals surface area contributed by atoms with Gasteiger partial charge >= 0.3 is 6.09 Å². The first kappa shape index (κ1) is 20.8. The molecule has 2 aromatic heterocycles. The largest absolute Gasteiger partial charge is 0.444 e. The van der Waals surface area contributed by atoms with Gasteiger partial charge in [-0.2, -0.15) is 0 Å². The van der Waals surface area contributed by atoms with Crippen molar-refractivity contribution in [3.8, 4) is 0 Å². The Bertz CT molecular complexity index is 974. The number of carbonyl (C=O) groups excluding carboxylic acids is 2. The first-order chi connectivity index (χ1) is 14.1. The molecule has 4 rings (SSSR count). The van der Waals surface area contributed by atoms with Crippen LogP contribution in [0.1, 0.15) is 45.1 Å². The van der Waals surface area contributed by atoms with Crippen molar-refractivity contribution in [3.63, 3.8) is 0 Å². The molecular weight excluding hydrogens is 454 g/mol. The molecule has 0 spiro atoms. The molecule has 1 aliphatic heterocycles. The van der Waals surface area contributed by atoms with Crippen LogP contribution >= 0.6 is 15.9 Å². The van der Waals surface area contributed by atoms with E-state index in [2.05, 4.69) is 36.4 Å². The van der Waals surface area contributed by atoms with E-state index in [1.807, 2.05) is 39.8 Å². The molecule has 0 aromatic carbocycles. The minimum Gasteiger partial charge on any atom is -0.444 e. The van der Waals surface area contributed by atoms with Crippen LogP contribution in [-0.2, 0) is 16.0 Å². The van der Waals surface area contributed by atoms with Crippen LogP contribution in [-0.4, -0.2) is 49.8 Å². The van der Waals surface area contributed by atoms with E-state index in [9.17, 15) is 9.59 Å². The fraction of sp³-hybridized carbons (Fsp3) is 0.550. The van der Waals surface area contributed by atoms with Gasteiger partial charge in [0.15, 0.2) is 0 Å². The van der Waals surface area contributed by atoms with Crippen LogP contribution in [0.5, 0.6) is 0 Å². The van der Waals surface area contributed by atoms with Gasteiger partial charge in [0, 0.05) is 17.9 Å². The number of hydrogen-bond acceptors (Lipinski definition) is 7. The van der Waals surface area contributed by atoms with E-state index in [-0.39, 0.29) is 17.4 Å². The maximum absolute atomic E-state index is 13.2. The van der Waals surface area contributed by atoms with Crippen molar-refractivity contribution in [1.29, 1.82) is 0 Å². The molecule has 2 fully saturated rings. The number of rotatable bonds is 4. The zero-order valence-electron chi connectivity index (χ0n) is 17.3. The molecule has 3 heterocycles. The molecule has 0 bridgehead atoms. The summed E-state index contributed by atoms with van der Waals surface area (Å²) in [5.74, 6) is 0.684. The monoisotopic (exact) mass is 477 g/mol. The fourth-order valence-electron chi connectivity index (χ4n) is 4.10. The molecule has 9 nitrogen and oxygen atoms in total. The quantitative estimate of drug-likeness (QED) is 0.670. The Kier molecular flexibility index (Phi) is 5.08. The van der Waals surface area contributed by atoms with E-state index < -0.39 is 17.7 Å². The Morgan fingerprint density at radius 3 is 2.80 bits per heavy atom. The number of fused-ring (bicyclic) bond motifs is 1. The molecule has 1 aliphatic carbocycles. The molecule has 2 aliphatic rings. The van der Waals surface area contributed by atoms with Gasteiger partial charge in [0.05, 0.1) is 0 Å². The third kappa shape index (κ3) is 4.05. The molecule has 1 N–H and O–H groups in total. The maximum Gasteiger partial charge on any atom is 0.411 e. The number of amides is 2. The number of nitrogens with zero attached hydrogens (tertiary/aromatic N) is 4.